The molecule has 1 unspecified atom stereocenters. The molecule has 0 aromatic rings. The first-order valence-electron chi connectivity index (χ1n) is 2.38. The molecule has 0 aliphatic carbocycles. The maximum atomic E-state index is 9.89. The SMILES string of the molecule is NC(CB(O)O)C(=O)O. The Balaban J connectivity index is 3.50. The molecule has 0 radical (unpaired) electrons. The summed E-state index contributed by atoms with van der Waals surface area (Å²) in [5.41, 5.74) is 4.90. The Morgan fingerprint density at radius 2 is 2.11 bits per heavy atom. The van der Waals surface area contributed by atoms with Crippen molar-refractivity contribution in [2.45, 2.75) is 12.4 Å². The molecule has 0 aliphatic rings. The maximum Gasteiger partial charge on any atom is 0.453 e. The van der Waals surface area contributed by atoms with Crippen molar-refractivity contribution in [2.75, 3.05) is 0 Å². The van der Waals surface area contributed by atoms with Gasteiger partial charge in [0.05, 0.1) is 0 Å². The molecule has 0 fully saturated rings. The van der Waals surface area contributed by atoms with Gasteiger partial charge >= 0.3 is 13.1 Å². The Kier molecular flexibility index (Phi) is 3.22. The molecule has 0 saturated heterocycles. The predicted octanol–water partition coefficient (Wildman–Crippen LogP) is -2.13. The predicted molar refractivity (Wildman–Crippen MR) is 30.6 cm³/mol. The van der Waals surface area contributed by atoms with E-state index in [0.717, 1.165) is 0 Å². The Bertz CT molecular complexity index is 106. The number of aliphatic carboxylic acids is 1. The van der Waals surface area contributed by atoms with Gasteiger partial charge in [0, 0.05) is 6.32 Å². The number of hydrogen-bond donors (Lipinski definition) is 4. The Morgan fingerprint density at radius 1 is 1.67 bits per heavy atom. The standard InChI is InChI=1S/C3H8BNO4/c5-2(3(6)7)1-4(8)9/h2,8-9H,1,5H2,(H,6,7). The molecular weight excluding hydrogens is 125 g/mol. The van der Waals surface area contributed by atoms with Gasteiger partial charge in [-0.1, -0.05) is 0 Å². The van der Waals surface area contributed by atoms with E-state index < -0.39 is 19.1 Å². The number of nitrogens with two attached hydrogens (primary N) is 1. The highest BCUT2D eigenvalue weighted by Gasteiger charge is 2.18. The van der Waals surface area contributed by atoms with Crippen molar-refractivity contribution in [2.24, 2.45) is 5.73 Å². The first-order valence-corrected chi connectivity index (χ1v) is 2.38. The molecule has 0 saturated carbocycles. The number of carboxylic acid groups (broad SMARTS) is 1. The van der Waals surface area contributed by atoms with Gasteiger partial charge < -0.3 is 20.9 Å². The van der Waals surface area contributed by atoms with E-state index in [0.29, 0.717) is 0 Å². The van der Waals surface area contributed by atoms with E-state index in [1.807, 2.05) is 0 Å². The van der Waals surface area contributed by atoms with Gasteiger partial charge in [-0.2, -0.15) is 0 Å². The summed E-state index contributed by atoms with van der Waals surface area (Å²) < 4.78 is 0. The van der Waals surface area contributed by atoms with Crippen molar-refractivity contribution in [3.05, 3.63) is 0 Å². The van der Waals surface area contributed by atoms with Crippen LogP contribution in [0, 0.1) is 0 Å². The van der Waals surface area contributed by atoms with Crippen LogP contribution in [0.5, 0.6) is 0 Å². The quantitative estimate of drug-likeness (QED) is 0.329. The van der Waals surface area contributed by atoms with E-state index >= 15 is 0 Å². The molecule has 0 aliphatic heterocycles. The van der Waals surface area contributed by atoms with E-state index in [9.17, 15) is 4.79 Å². The second kappa shape index (κ2) is 3.44. The number of hydrogen-bond acceptors (Lipinski definition) is 4. The monoisotopic (exact) mass is 133 g/mol. The zero-order chi connectivity index (χ0) is 7.44. The van der Waals surface area contributed by atoms with Crippen molar-refractivity contribution >= 4 is 13.1 Å². The van der Waals surface area contributed by atoms with Gasteiger partial charge in [-0.15, -0.1) is 0 Å². The lowest BCUT2D eigenvalue weighted by atomic mass is 9.82. The van der Waals surface area contributed by atoms with Crippen LogP contribution in [-0.4, -0.2) is 34.3 Å². The third kappa shape index (κ3) is 3.95. The fourth-order valence-electron chi connectivity index (χ4n) is 0.328. The van der Waals surface area contributed by atoms with E-state index in [2.05, 4.69) is 0 Å². The van der Waals surface area contributed by atoms with Crippen LogP contribution < -0.4 is 5.73 Å². The van der Waals surface area contributed by atoms with E-state index in [1.165, 1.54) is 0 Å². The summed E-state index contributed by atoms with van der Waals surface area (Å²) in [5, 5.41) is 24.5. The second-order valence-electron chi connectivity index (χ2n) is 1.66. The topological polar surface area (TPSA) is 104 Å². The molecular formula is C3H8BNO4. The normalized spacial score (nSPS) is 12.8. The smallest absolute Gasteiger partial charge is 0.453 e. The van der Waals surface area contributed by atoms with Gasteiger partial charge in [0.25, 0.3) is 0 Å². The van der Waals surface area contributed by atoms with Crippen molar-refractivity contribution in [3.63, 3.8) is 0 Å². The largest absolute Gasteiger partial charge is 0.480 e. The molecule has 52 valence electrons. The Morgan fingerprint density at radius 3 is 2.22 bits per heavy atom. The Labute approximate surface area is 52.2 Å². The fraction of sp³-hybridized carbons (Fsp3) is 0.667. The summed E-state index contributed by atoms with van der Waals surface area (Å²) in [6.07, 6.45) is -0.338. The first kappa shape index (κ1) is 8.41. The lowest BCUT2D eigenvalue weighted by Crippen LogP contribution is -2.34. The molecule has 0 bridgehead atoms. The van der Waals surface area contributed by atoms with Crippen LogP contribution in [0.15, 0.2) is 0 Å². The van der Waals surface area contributed by atoms with Crippen LogP contribution in [0.3, 0.4) is 0 Å². The average Bonchev–Trinajstić information content (AvgIpc) is 1.63. The van der Waals surface area contributed by atoms with Crippen molar-refractivity contribution in [3.8, 4) is 0 Å². The highest BCUT2D eigenvalue weighted by Crippen LogP contribution is 1.89. The molecule has 9 heavy (non-hydrogen) atoms. The minimum absolute atomic E-state index is 0.338. The molecule has 0 rings (SSSR count). The van der Waals surface area contributed by atoms with Crippen molar-refractivity contribution in [1.82, 2.24) is 0 Å². The highest BCUT2D eigenvalue weighted by atomic mass is 16.4. The average molecular weight is 133 g/mol. The Hall–Kier alpha value is -0.585. The van der Waals surface area contributed by atoms with Gasteiger partial charge in [0.2, 0.25) is 0 Å². The number of carboxylic acids is 1. The van der Waals surface area contributed by atoms with E-state index in [1.54, 1.807) is 0 Å². The summed E-state index contributed by atoms with van der Waals surface area (Å²) in [6, 6.07) is -1.19. The molecule has 0 aromatic heterocycles. The maximum absolute atomic E-state index is 9.89. The summed E-state index contributed by atoms with van der Waals surface area (Å²) in [4.78, 5) is 9.89. The highest BCUT2D eigenvalue weighted by molar-refractivity contribution is 6.41. The van der Waals surface area contributed by atoms with Crippen LogP contribution >= 0.6 is 0 Å². The molecule has 0 amide bonds. The molecule has 5 nitrogen and oxygen atoms in total. The fourth-order valence-corrected chi connectivity index (χ4v) is 0.328. The van der Waals surface area contributed by atoms with Gasteiger partial charge in [0.15, 0.2) is 0 Å². The first-order chi connectivity index (χ1) is 4.04. The summed E-state index contributed by atoms with van der Waals surface area (Å²) in [5.74, 6) is -1.23. The van der Waals surface area contributed by atoms with Gasteiger partial charge in [0.1, 0.15) is 6.04 Å². The van der Waals surface area contributed by atoms with Crippen LogP contribution in [0.2, 0.25) is 6.32 Å². The molecule has 1 atom stereocenters. The third-order valence-corrected chi connectivity index (χ3v) is 0.782. The molecule has 5 N–H and O–H groups in total. The van der Waals surface area contributed by atoms with E-state index in [4.69, 9.17) is 20.9 Å². The molecule has 0 heterocycles. The molecule has 0 aromatic carbocycles. The van der Waals surface area contributed by atoms with Crippen LogP contribution in [0.4, 0.5) is 0 Å². The van der Waals surface area contributed by atoms with Gasteiger partial charge in [-0.05, 0) is 0 Å². The van der Waals surface area contributed by atoms with Crippen molar-refractivity contribution < 1.29 is 19.9 Å². The minimum atomic E-state index is -1.64. The van der Waals surface area contributed by atoms with Crippen LogP contribution in [0.1, 0.15) is 0 Å². The summed E-state index contributed by atoms with van der Waals surface area (Å²) >= 11 is 0. The molecule has 6 heteroatoms. The third-order valence-electron chi connectivity index (χ3n) is 0.782. The summed E-state index contributed by atoms with van der Waals surface area (Å²) in [6.45, 7) is 0. The van der Waals surface area contributed by atoms with E-state index in [-0.39, 0.29) is 6.32 Å². The van der Waals surface area contributed by atoms with Crippen molar-refractivity contribution in [1.29, 1.82) is 0 Å². The molecule has 0 spiro atoms. The van der Waals surface area contributed by atoms with Gasteiger partial charge in [-0.3, -0.25) is 4.79 Å². The summed E-state index contributed by atoms with van der Waals surface area (Å²) in [7, 11) is -1.64. The lowest BCUT2D eigenvalue weighted by molar-refractivity contribution is -0.138. The number of carbonyl (C=O) groups is 1. The van der Waals surface area contributed by atoms with Crippen LogP contribution in [-0.2, 0) is 4.79 Å². The van der Waals surface area contributed by atoms with Crippen LogP contribution in [0.25, 0.3) is 0 Å². The minimum Gasteiger partial charge on any atom is -0.480 e. The second-order valence-corrected chi connectivity index (χ2v) is 1.66. The lowest BCUT2D eigenvalue weighted by Gasteiger charge is -2.02. The zero-order valence-electron chi connectivity index (χ0n) is 4.69. The number of rotatable bonds is 3. The zero-order valence-corrected chi connectivity index (χ0v) is 4.69. The van der Waals surface area contributed by atoms with Gasteiger partial charge in [-0.25, -0.2) is 0 Å².